The molecule has 0 unspecified atom stereocenters. The van der Waals surface area contributed by atoms with Crippen LogP contribution in [0.5, 0.6) is 0 Å². The average molecular weight is 792 g/mol. The van der Waals surface area contributed by atoms with Crippen molar-refractivity contribution in [2.75, 3.05) is 0 Å². The standard InChI is InChI=1S/C57H37N5/c1-4-15-38(16-5-1)39-27-32-44(33-28-39)61-51-25-12-11-22-48(51)50-37-43(31-36-53(50)61)46-23-14-24-49-47-21-10-13-26-52(47)62(54(46)49)45-34-29-42(30-35-45)57-59-55(40-17-6-2-7-18-40)58-56(60-57)41-19-8-3-9-20-41/h1-37H. The molecule has 3 heterocycles. The molecule has 62 heavy (non-hydrogen) atoms. The molecule has 0 aliphatic rings. The molecule has 0 N–H and O–H groups in total. The van der Waals surface area contributed by atoms with E-state index in [1.54, 1.807) is 0 Å². The number of nitrogens with zero attached hydrogens (tertiary/aromatic N) is 5. The van der Waals surface area contributed by atoms with Crippen molar-refractivity contribution in [1.82, 2.24) is 24.1 Å². The second-order valence-corrected chi connectivity index (χ2v) is 15.6. The smallest absolute Gasteiger partial charge is 0.164 e. The second kappa shape index (κ2) is 14.7. The maximum atomic E-state index is 5.00. The monoisotopic (exact) mass is 791 g/mol. The molecular formula is C57H37N5. The van der Waals surface area contributed by atoms with Crippen molar-refractivity contribution < 1.29 is 0 Å². The Balaban J connectivity index is 0.991. The first kappa shape index (κ1) is 35.5. The summed E-state index contributed by atoms with van der Waals surface area (Å²) in [5, 5.41) is 4.86. The zero-order valence-electron chi connectivity index (χ0n) is 33.6. The van der Waals surface area contributed by atoms with Gasteiger partial charge in [0.2, 0.25) is 0 Å². The number of aromatic nitrogens is 5. The summed E-state index contributed by atoms with van der Waals surface area (Å²) in [4.78, 5) is 14.9. The molecule has 0 atom stereocenters. The van der Waals surface area contributed by atoms with Crippen molar-refractivity contribution in [2.45, 2.75) is 0 Å². The van der Waals surface area contributed by atoms with Gasteiger partial charge in [0.15, 0.2) is 17.5 Å². The SMILES string of the molecule is c1ccc(-c2ccc(-n3c4ccccc4c4cc(-c5cccc6c7ccccc7n(-c7ccc(-c8nc(-c9ccccc9)nc(-c9ccccc9)n8)cc7)c56)ccc43)cc2)cc1. The van der Waals surface area contributed by atoms with Crippen LogP contribution in [-0.4, -0.2) is 24.1 Å². The molecule has 3 aromatic heterocycles. The van der Waals surface area contributed by atoms with Crippen LogP contribution in [0.25, 0.3) is 111 Å². The van der Waals surface area contributed by atoms with Gasteiger partial charge in [0, 0.05) is 55.2 Å². The van der Waals surface area contributed by atoms with E-state index >= 15 is 0 Å². The van der Waals surface area contributed by atoms with Gasteiger partial charge < -0.3 is 9.13 Å². The number of para-hydroxylation sites is 3. The van der Waals surface area contributed by atoms with Crippen LogP contribution in [0.3, 0.4) is 0 Å². The molecule has 0 fully saturated rings. The average Bonchev–Trinajstić information content (AvgIpc) is 3.87. The van der Waals surface area contributed by atoms with E-state index in [1.807, 2.05) is 60.7 Å². The first-order valence-electron chi connectivity index (χ1n) is 20.9. The van der Waals surface area contributed by atoms with Crippen LogP contribution in [0.2, 0.25) is 0 Å². The van der Waals surface area contributed by atoms with Gasteiger partial charge >= 0.3 is 0 Å². The van der Waals surface area contributed by atoms with E-state index in [0.29, 0.717) is 17.5 Å². The summed E-state index contributed by atoms with van der Waals surface area (Å²) in [6, 6.07) is 79.4. The molecule has 12 rings (SSSR count). The third-order valence-corrected chi connectivity index (χ3v) is 12.0. The molecule has 5 nitrogen and oxygen atoms in total. The molecule has 0 aliphatic carbocycles. The molecule has 0 saturated heterocycles. The predicted octanol–water partition coefficient (Wildman–Crippen LogP) is 14.4. The van der Waals surface area contributed by atoms with Crippen molar-refractivity contribution in [3.8, 4) is 67.8 Å². The third kappa shape index (κ3) is 5.98. The zero-order valence-corrected chi connectivity index (χ0v) is 33.6. The highest BCUT2D eigenvalue weighted by Crippen LogP contribution is 2.41. The molecule has 0 bridgehead atoms. The molecule has 5 heteroatoms. The predicted molar refractivity (Wildman–Crippen MR) is 256 cm³/mol. The minimum Gasteiger partial charge on any atom is -0.309 e. The van der Waals surface area contributed by atoms with E-state index in [0.717, 1.165) is 39.1 Å². The number of rotatable bonds is 7. The molecule has 9 aromatic carbocycles. The van der Waals surface area contributed by atoms with E-state index in [2.05, 4.69) is 173 Å². The van der Waals surface area contributed by atoms with Gasteiger partial charge in [-0.25, -0.2) is 15.0 Å². The van der Waals surface area contributed by atoms with Gasteiger partial charge in [-0.1, -0.05) is 164 Å². The first-order valence-corrected chi connectivity index (χ1v) is 20.9. The first-order chi connectivity index (χ1) is 30.7. The number of hydrogen-bond acceptors (Lipinski definition) is 3. The van der Waals surface area contributed by atoms with E-state index in [9.17, 15) is 0 Å². The summed E-state index contributed by atoms with van der Waals surface area (Å²) in [6.45, 7) is 0. The Morgan fingerprint density at radius 3 is 1.26 bits per heavy atom. The van der Waals surface area contributed by atoms with Crippen LogP contribution in [0, 0.1) is 0 Å². The third-order valence-electron chi connectivity index (χ3n) is 12.0. The molecule has 0 spiro atoms. The fraction of sp³-hybridized carbons (Fsp3) is 0. The van der Waals surface area contributed by atoms with E-state index < -0.39 is 0 Å². The van der Waals surface area contributed by atoms with E-state index in [1.165, 1.54) is 54.8 Å². The van der Waals surface area contributed by atoms with Crippen molar-refractivity contribution in [1.29, 1.82) is 0 Å². The van der Waals surface area contributed by atoms with Gasteiger partial charge in [0.1, 0.15) is 0 Å². The highest BCUT2D eigenvalue weighted by molar-refractivity contribution is 6.15. The molecule has 0 saturated carbocycles. The van der Waals surface area contributed by atoms with Crippen LogP contribution >= 0.6 is 0 Å². The largest absolute Gasteiger partial charge is 0.309 e. The summed E-state index contributed by atoms with van der Waals surface area (Å²) in [5.41, 5.74) is 14.4. The topological polar surface area (TPSA) is 48.5 Å². The van der Waals surface area contributed by atoms with Gasteiger partial charge in [-0.05, 0) is 77.4 Å². The summed E-state index contributed by atoms with van der Waals surface area (Å²) in [5.74, 6) is 1.92. The lowest BCUT2D eigenvalue weighted by Crippen LogP contribution is -2.00. The minimum absolute atomic E-state index is 0.631. The van der Waals surface area contributed by atoms with Crippen molar-refractivity contribution in [3.05, 3.63) is 224 Å². The summed E-state index contributed by atoms with van der Waals surface area (Å²) in [6.07, 6.45) is 0. The van der Waals surface area contributed by atoms with Gasteiger partial charge in [-0.3, -0.25) is 0 Å². The molecule has 0 amide bonds. The highest BCUT2D eigenvalue weighted by Gasteiger charge is 2.19. The number of fused-ring (bicyclic) bond motifs is 6. The molecule has 0 radical (unpaired) electrons. The van der Waals surface area contributed by atoms with Crippen molar-refractivity contribution in [2.24, 2.45) is 0 Å². The zero-order chi connectivity index (χ0) is 41.0. The lowest BCUT2D eigenvalue weighted by atomic mass is 9.99. The van der Waals surface area contributed by atoms with Crippen LogP contribution in [0.15, 0.2) is 224 Å². The minimum atomic E-state index is 0.631. The van der Waals surface area contributed by atoms with Gasteiger partial charge in [-0.15, -0.1) is 0 Å². The lowest BCUT2D eigenvalue weighted by molar-refractivity contribution is 1.07. The summed E-state index contributed by atoms with van der Waals surface area (Å²) < 4.78 is 4.80. The van der Waals surface area contributed by atoms with Gasteiger partial charge in [0.05, 0.1) is 22.1 Å². The van der Waals surface area contributed by atoms with Gasteiger partial charge in [-0.2, -0.15) is 0 Å². The Bertz CT molecular complexity index is 3530. The highest BCUT2D eigenvalue weighted by atomic mass is 15.0. The maximum absolute atomic E-state index is 5.00. The van der Waals surface area contributed by atoms with E-state index in [-0.39, 0.29) is 0 Å². The number of hydrogen-bond donors (Lipinski definition) is 0. The van der Waals surface area contributed by atoms with Crippen LogP contribution in [-0.2, 0) is 0 Å². The van der Waals surface area contributed by atoms with Crippen LogP contribution in [0.1, 0.15) is 0 Å². The Labute approximate surface area is 358 Å². The molecule has 12 aromatic rings. The van der Waals surface area contributed by atoms with Crippen LogP contribution < -0.4 is 0 Å². The van der Waals surface area contributed by atoms with Crippen LogP contribution in [0.4, 0.5) is 0 Å². The number of benzene rings is 9. The van der Waals surface area contributed by atoms with Crippen molar-refractivity contribution >= 4 is 43.6 Å². The second-order valence-electron chi connectivity index (χ2n) is 15.6. The normalized spacial score (nSPS) is 11.5. The molecular weight excluding hydrogens is 755 g/mol. The summed E-state index contributed by atoms with van der Waals surface area (Å²) in [7, 11) is 0. The Morgan fingerprint density at radius 2 is 0.661 bits per heavy atom. The maximum Gasteiger partial charge on any atom is 0.164 e. The lowest BCUT2D eigenvalue weighted by Gasteiger charge is -2.13. The quantitative estimate of drug-likeness (QED) is 0.162. The molecule has 0 aliphatic heterocycles. The Morgan fingerprint density at radius 1 is 0.258 bits per heavy atom. The fourth-order valence-corrected chi connectivity index (χ4v) is 9.07. The van der Waals surface area contributed by atoms with Gasteiger partial charge in [0.25, 0.3) is 0 Å². The Hall–Kier alpha value is -8.41. The fourth-order valence-electron chi connectivity index (χ4n) is 9.07. The van der Waals surface area contributed by atoms with E-state index in [4.69, 9.17) is 15.0 Å². The Kier molecular flexibility index (Phi) is 8.42. The molecule has 290 valence electrons. The summed E-state index contributed by atoms with van der Waals surface area (Å²) >= 11 is 0. The van der Waals surface area contributed by atoms with Crippen molar-refractivity contribution in [3.63, 3.8) is 0 Å².